The number of sulfonamides is 1. The van der Waals surface area contributed by atoms with E-state index in [-0.39, 0.29) is 16.8 Å². The fraction of sp³-hybridized carbons (Fsp3) is 0.727. The van der Waals surface area contributed by atoms with E-state index >= 15 is 0 Å². The molecule has 1 fully saturated rings. The van der Waals surface area contributed by atoms with Gasteiger partial charge in [0.15, 0.2) is 10.8 Å². The van der Waals surface area contributed by atoms with Crippen LogP contribution in [0.25, 0.3) is 0 Å². The smallest absolute Gasteiger partial charge is 0.262 e. The van der Waals surface area contributed by atoms with Crippen LogP contribution in [0.15, 0.2) is 11.4 Å². The predicted molar refractivity (Wildman–Crippen MR) is 70.8 cm³/mol. The summed E-state index contributed by atoms with van der Waals surface area (Å²) in [5, 5.41) is 9.58. The van der Waals surface area contributed by atoms with Crippen molar-refractivity contribution in [2.45, 2.75) is 30.9 Å². The molecule has 19 heavy (non-hydrogen) atoms. The summed E-state index contributed by atoms with van der Waals surface area (Å²) in [4.78, 5) is 3.82. The third kappa shape index (κ3) is 2.60. The molecule has 1 aliphatic rings. The molecule has 1 unspecified atom stereocenters. The number of piperidine rings is 1. The van der Waals surface area contributed by atoms with E-state index in [0.29, 0.717) is 25.9 Å². The lowest BCUT2D eigenvalue weighted by atomic mass is 9.93. The van der Waals surface area contributed by atoms with Crippen molar-refractivity contribution < 1.29 is 13.5 Å². The Bertz CT molecular complexity index is 525. The summed E-state index contributed by atoms with van der Waals surface area (Å²) in [5.41, 5.74) is 5.63. The molecular formula is C11H20N4O3S. The van der Waals surface area contributed by atoms with Crippen LogP contribution in [0.1, 0.15) is 19.8 Å². The first kappa shape index (κ1) is 14.3. The average molecular weight is 288 g/mol. The fourth-order valence-corrected chi connectivity index (χ4v) is 4.14. The van der Waals surface area contributed by atoms with Gasteiger partial charge in [0.25, 0.3) is 10.0 Å². The van der Waals surface area contributed by atoms with Gasteiger partial charge < -0.3 is 15.4 Å². The maximum Gasteiger partial charge on any atom is 0.262 e. The Hall–Kier alpha value is -1.12. The van der Waals surface area contributed by atoms with Gasteiger partial charge in [-0.3, -0.25) is 0 Å². The highest BCUT2D eigenvalue weighted by Crippen LogP contribution is 2.27. The first-order valence-corrected chi connectivity index (χ1v) is 7.73. The van der Waals surface area contributed by atoms with E-state index in [0.717, 1.165) is 0 Å². The lowest BCUT2D eigenvalue weighted by Gasteiger charge is -2.32. The SMILES string of the molecule is CC(O)C1CCN(S(=O)(=O)c2c(N)ncn2C)CC1. The number of aryl methyl sites for hydroxylation is 1. The fourth-order valence-electron chi connectivity index (χ4n) is 2.47. The summed E-state index contributed by atoms with van der Waals surface area (Å²) in [7, 11) is -1.99. The second-order valence-electron chi connectivity index (χ2n) is 5.03. The van der Waals surface area contributed by atoms with E-state index in [4.69, 9.17) is 5.73 Å². The molecule has 3 N–H and O–H groups in total. The Morgan fingerprint density at radius 1 is 1.47 bits per heavy atom. The summed E-state index contributed by atoms with van der Waals surface area (Å²) in [5.74, 6) is 0.190. The minimum Gasteiger partial charge on any atom is -0.393 e. The minimum absolute atomic E-state index is 0.0279. The Morgan fingerprint density at radius 2 is 2.05 bits per heavy atom. The van der Waals surface area contributed by atoms with Crippen LogP contribution in [0.4, 0.5) is 5.82 Å². The van der Waals surface area contributed by atoms with Crippen molar-refractivity contribution in [1.82, 2.24) is 13.9 Å². The maximum atomic E-state index is 12.5. The van der Waals surface area contributed by atoms with Crippen molar-refractivity contribution in [3.8, 4) is 0 Å². The molecule has 0 bridgehead atoms. The molecule has 2 rings (SSSR count). The van der Waals surface area contributed by atoms with Crippen LogP contribution < -0.4 is 5.73 Å². The van der Waals surface area contributed by atoms with E-state index in [1.807, 2.05) is 0 Å². The molecule has 1 aliphatic heterocycles. The van der Waals surface area contributed by atoms with Crippen LogP contribution in [0.5, 0.6) is 0 Å². The number of nitrogens with zero attached hydrogens (tertiary/aromatic N) is 3. The van der Waals surface area contributed by atoms with E-state index in [2.05, 4.69) is 4.98 Å². The van der Waals surface area contributed by atoms with Gasteiger partial charge in [0.1, 0.15) is 0 Å². The molecule has 0 amide bonds. The summed E-state index contributed by atoms with van der Waals surface area (Å²) in [6, 6.07) is 0. The zero-order chi connectivity index (χ0) is 14.2. The van der Waals surface area contributed by atoms with E-state index in [1.54, 1.807) is 14.0 Å². The van der Waals surface area contributed by atoms with Gasteiger partial charge in [0, 0.05) is 20.1 Å². The van der Waals surface area contributed by atoms with Gasteiger partial charge in [-0.15, -0.1) is 0 Å². The third-order valence-electron chi connectivity index (χ3n) is 3.67. The number of hydrogen-bond acceptors (Lipinski definition) is 5. The topological polar surface area (TPSA) is 101 Å². The number of hydrogen-bond donors (Lipinski definition) is 2. The van der Waals surface area contributed by atoms with Gasteiger partial charge in [-0.05, 0) is 25.7 Å². The normalized spacial score (nSPS) is 20.6. The summed E-state index contributed by atoms with van der Waals surface area (Å²) < 4.78 is 27.8. The molecule has 0 radical (unpaired) electrons. The molecule has 2 heterocycles. The van der Waals surface area contributed by atoms with Crippen molar-refractivity contribution in [3.63, 3.8) is 0 Å². The van der Waals surface area contributed by atoms with Gasteiger partial charge in [-0.25, -0.2) is 13.4 Å². The molecule has 1 saturated heterocycles. The van der Waals surface area contributed by atoms with Crippen LogP contribution in [-0.4, -0.2) is 46.6 Å². The van der Waals surface area contributed by atoms with Crippen molar-refractivity contribution in [3.05, 3.63) is 6.33 Å². The van der Waals surface area contributed by atoms with E-state index in [1.165, 1.54) is 15.2 Å². The second kappa shape index (κ2) is 5.10. The number of imidazole rings is 1. The average Bonchev–Trinajstić information content (AvgIpc) is 2.69. The quantitative estimate of drug-likeness (QED) is 0.801. The number of nitrogen functional groups attached to an aromatic ring is 1. The summed E-state index contributed by atoms with van der Waals surface area (Å²) in [6.07, 6.45) is 2.32. The van der Waals surface area contributed by atoms with Crippen molar-refractivity contribution >= 4 is 15.8 Å². The number of anilines is 1. The highest BCUT2D eigenvalue weighted by Gasteiger charge is 2.34. The Balaban J connectivity index is 2.19. The van der Waals surface area contributed by atoms with Gasteiger partial charge in [-0.1, -0.05) is 0 Å². The number of rotatable bonds is 3. The molecule has 1 aromatic heterocycles. The Morgan fingerprint density at radius 3 is 2.47 bits per heavy atom. The number of aromatic nitrogens is 2. The van der Waals surface area contributed by atoms with Crippen molar-refractivity contribution in [1.29, 1.82) is 0 Å². The molecule has 1 aromatic rings. The highest BCUT2D eigenvalue weighted by molar-refractivity contribution is 7.89. The second-order valence-corrected chi connectivity index (χ2v) is 6.88. The lowest BCUT2D eigenvalue weighted by molar-refractivity contribution is 0.0911. The van der Waals surface area contributed by atoms with E-state index < -0.39 is 16.1 Å². The van der Waals surface area contributed by atoms with E-state index in [9.17, 15) is 13.5 Å². The van der Waals surface area contributed by atoms with Crippen molar-refractivity contribution in [2.24, 2.45) is 13.0 Å². The lowest BCUT2D eigenvalue weighted by Crippen LogP contribution is -2.41. The minimum atomic E-state index is -3.60. The highest BCUT2D eigenvalue weighted by atomic mass is 32.2. The molecule has 0 aromatic carbocycles. The molecule has 0 aliphatic carbocycles. The van der Waals surface area contributed by atoms with Gasteiger partial charge >= 0.3 is 0 Å². The van der Waals surface area contributed by atoms with Crippen molar-refractivity contribution in [2.75, 3.05) is 18.8 Å². The van der Waals surface area contributed by atoms with Crippen LogP contribution in [-0.2, 0) is 17.1 Å². The molecule has 0 spiro atoms. The maximum absolute atomic E-state index is 12.5. The number of nitrogens with two attached hydrogens (primary N) is 1. The Kier molecular flexibility index (Phi) is 3.84. The first-order valence-electron chi connectivity index (χ1n) is 6.29. The predicted octanol–water partition coefficient (Wildman–Crippen LogP) is -0.216. The first-order chi connectivity index (χ1) is 8.84. The molecule has 0 saturated carbocycles. The summed E-state index contributed by atoms with van der Waals surface area (Å²) in [6.45, 7) is 2.55. The third-order valence-corrected chi connectivity index (χ3v) is 5.71. The van der Waals surface area contributed by atoms with Gasteiger partial charge in [0.2, 0.25) is 0 Å². The molecular weight excluding hydrogens is 268 g/mol. The van der Waals surface area contributed by atoms with Crippen LogP contribution >= 0.6 is 0 Å². The standard InChI is InChI=1S/C11H20N4O3S/c1-8(16)9-3-5-15(6-4-9)19(17,18)11-10(12)13-7-14(11)2/h7-9,16H,3-6,12H2,1-2H3. The van der Waals surface area contributed by atoms with Gasteiger partial charge in [-0.2, -0.15) is 4.31 Å². The van der Waals surface area contributed by atoms with Crippen LogP contribution in [0.2, 0.25) is 0 Å². The van der Waals surface area contributed by atoms with Crippen LogP contribution in [0.3, 0.4) is 0 Å². The zero-order valence-corrected chi connectivity index (χ0v) is 12.0. The largest absolute Gasteiger partial charge is 0.393 e. The summed E-state index contributed by atoms with van der Waals surface area (Å²) >= 11 is 0. The molecule has 1 atom stereocenters. The zero-order valence-electron chi connectivity index (χ0n) is 11.2. The Labute approximate surface area is 113 Å². The number of aliphatic hydroxyl groups is 1. The van der Waals surface area contributed by atoms with Crippen LogP contribution in [0, 0.1) is 5.92 Å². The van der Waals surface area contributed by atoms with Gasteiger partial charge in [0.05, 0.1) is 12.4 Å². The number of aliphatic hydroxyl groups excluding tert-OH is 1. The molecule has 108 valence electrons. The monoisotopic (exact) mass is 288 g/mol. The molecule has 8 heteroatoms. The molecule has 7 nitrogen and oxygen atoms in total.